The van der Waals surface area contributed by atoms with Crippen LogP contribution < -0.4 is 16.2 Å². The van der Waals surface area contributed by atoms with E-state index in [1.807, 2.05) is 0 Å². The number of fused-ring (bicyclic) bond motifs is 1. The van der Waals surface area contributed by atoms with Crippen LogP contribution in [0.25, 0.3) is 10.3 Å². The number of nitrogens with zero attached hydrogens (tertiary/aromatic N) is 2. The first kappa shape index (κ1) is 13.3. The summed E-state index contributed by atoms with van der Waals surface area (Å²) in [6, 6.07) is 0. The minimum atomic E-state index is -0.481. The van der Waals surface area contributed by atoms with Crippen LogP contribution in [0.2, 0.25) is 0 Å². The third-order valence-corrected chi connectivity index (χ3v) is 4.09. The molecule has 1 aliphatic heterocycles. The molecule has 1 saturated heterocycles. The van der Waals surface area contributed by atoms with E-state index in [0.29, 0.717) is 12.8 Å². The molecule has 1 fully saturated rings. The van der Waals surface area contributed by atoms with Gasteiger partial charge in [-0.2, -0.15) is 4.98 Å². The number of rotatable bonds is 3. The van der Waals surface area contributed by atoms with Gasteiger partial charge in [0.05, 0.1) is 12.7 Å². The van der Waals surface area contributed by atoms with E-state index in [0.717, 1.165) is 11.3 Å². The normalized spacial score (nSPS) is 22.6. The van der Waals surface area contributed by atoms with Gasteiger partial charge >= 0.3 is 4.87 Å². The van der Waals surface area contributed by atoms with Crippen LogP contribution in [0.4, 0.5) is 5.95 Å². The third kappa shape index (κ3) is 2.15. The molecule has 3 N–H and O–H groups in total. The van der Waals surface area contributed by atoms with Crippen molar-refractivity contribution in [3.05, 3.63) is 20.0 Å². The van der Waals surface area contributed by atoms with Crippen molar-refractivity contribution in [2.45, 2.75) is 25.2 Å². The fourth-order valence-electron chi connectivity index (χ4n) is 2.31. The van der Waals surface area contributed by atoms with Crippen LogP contribution in [0.3, 0.4) is 0 Å². The number of aromatic amines is 1. The average molecular weight is 294 g/mol. The molecule has 0 aromatic carbocycles. The molecule has 2 atom stereocenters. The monoisotopic (exact) mass is 294 g/mol. The summed E-state index contributed by atoms with van der Waals surface area (Å²) in [7, 11) is 5.01. The summed E-state index contributed by atoms with van der Waals surface area (Å²) in [5, 5.41) is 0. The molecule has 104 valence electrons. The van der Waals surface area contributed by atoms with E-state index >= 15 is 0 Å². The molecule has 20 heavy (non-hydrogen) atoms. The maximum atomic E-state index is 12.1. The van der Waals surface area contributed by atoms with E-state index in [4.69, 9.17) is 18.5 Å². The highest BCUT2D eigenvalue weighted by molar-refractivity contribution is 7.16. The van der Waals surface area contributed by atoms with Crippen LogP contribution in [-0.2, 0) is 9.39 Å². The highest BCUT2D eigenvalue weighted by Crippen LogP contribution is 2.29. The largest absolute Gasteiger partial charge is 0.445 e. The number of anilines is 1. The standard InChI is InChI=1S/C10H11BN4O4S/c11-18-3-4-1-2-5(19-4)15-7-6(20-10(15)17)8(16)14-9(12)13-7/h4-5H,1-3H2,(H3,12,13,14,16). The van der Waals surface area contributed by atoms with Gasteiger partial charge in [0.25, 0.3) is 13.6 Å². The summed E-state index contributed by atoms with van der Waals surface area (Å²) in [5.41, 5.74) is 5.35. The highest BCUT2D eigenvalue weighted by atomic mass is 32.1. The molecule has 3 heterocycles. The van der Waals surface area contributed by atoms with Gasteiger partial charge in [0.1, 0.15) is 10.9 Å². The van der Waals surface area contributed by atoms with Gasteiger partial charge in [0, 0.05) is 0 Å². The van der Waals surface area contributed by atoms with E-state index in [9.17, 15) is 9.59 Å². The first-order chi connectivity index (χ1) is 9.60. The second kappa shape index (κ2) is 5.04. The van der Waals surface area contributed by atoms with Crippen LogP contribution in [0.15, 0.2) is 9.59 Å². The Kier molecular flexibility index (Phi) is 3.36. The number of hydrogen-bond acceptors (Lipinski definition) is 7. The molecule has 3 rings (SSSR count). The Hall–Kier alpha value is -1.65. The molecule has 2 aromatic heterocycles. The quantitative estimate of drug-likeness (QED) is 0.738. The first-order valence-corrected chi connectivity index (χ1v) is 6.79. The zero-order chi connectivity index (χ0) is 14.3. The molecular weight excluding hydrogens is 283 g/mol. The van der Waals surface area contributed by atoms with Gasteiger partial charge in [-0.1, -0.05) is 11.3 Å². The minimum Gasteiger partial charge on any atom is -0.445 e. The molecule has 0 aliphatic carbocycles. The number of hydrogen-bond donors (Lipinski definition) is 2. The minimum absolute atomic E-state index is 0.0334. The summed E-state index contributed by atoms with van der Waals surface area (Å²) in [6.45, 7) is 0.253. The van der Waals surface area contributed by atoms with Gasteiger partial charge in [0.15, 0.2) is 5.65 Å². The van der Waals surface area contributed by atoms with E-state index in [2.05, 4.69) is 14.6 Å². The molecule has 1 aliphatic rings. The molecule has 0 bridgehead atoms. The molecule has 8 nitrogen and oxygen atoms in total. The number of H-pyrrole nitrogens is 1. The lowest BCUT2D eigenvalue weighted by Crippen LogP contribution is -2.22. The maximum absolute atomic E-state index is 12.1. The summed E-state index contributed by atoms with van der Waals surface area (Å²) in [6.07, 6.45) is 0.676. The lowest BCUT2D eigenvalue weighted by atomic mass is 10.2. The second-order valence-electron chi connectivity index (χ2n) is 4.47. The summed E-state index contributed by atoms with van der Waals surface area (Å²) in [4.78, 5) is 29.9. The SMILES string of the molecule is [B]OCC1CCC(n2c(=O)sc3c(=O)[nH]c(N)nc32)O1. The lowest BCUT2D eigenvalue weighted by Gasteiger charge is -2.14. The summed E-state index contributed by atoms with van der Waals surface area (Å²) < 4.78 is 11.8. The van der Waals surface area contributed by atoms with Crippen molar-refractivity contribution in [1.82, 2.24) is 14.5 Å². The molecule has 2 unspecified atom stereocenters. The van der Waals surface area contributed by atoms with Gasteiger partial charge in [-0.15, -0.1) is 0 Å². The zero-order valence-corrected chi connectivity index (χ0v) is 11.2. The van der Waals surface area contributed by atoms with Crippen molar-refractivity contribution in [1.29, 1.82) is 0 Å². The molecule has 10 heteroatoms. The van der Waals surface area contributed by atoms with Crippen molar-refractivity contribution >= 4 is 35.7 Å². The molecule has 0 amide bonds. The van der Waals surface area contributed by atoms with Crippen molar-refractivity contribution < 1.29 is 9.39 Å². The Morgan fingerprint density at radius 3 is 3.10 bits per heavy atom. The molecule has 0 spiro atoms. The Labute approximate surface area is 118 Å². The first-order valence-electron chi connectivity index (χ1n) is 5.98. The maximum Gasteiger partial charge on any atom is 0.311 e. The second-order valence-corrected chi connectivity index (χ2v) is 5.43. The van der Waals surface area contributed by atoms with E-state index in [1.165, 1.54) is 4.57 Å². The number of ether oxygens (including phenoxy) is 1. The molecule has 2 aromatic rings. The molecular formula is C10H11BN4O4S. The summed E-state index contributed by atoms with van der Waals surface area (Å²) >= 11 is 0.825. The Morgan fingerprint density at radius 1 is 1.55 bits per heavy atom. The Balaban J connectivity index is 2.06. The van der Waals surface area contributed by atoms with Gasteiger partial charge in [0.2, 0.25) is 5.95 Å². The Morgan fingerprint density at radius 2 is 2.35 bits per heavy atom. The average Bonchev–Trinajstić information content (AvgIpc) is 2.94. The van der Waals surface area contributed by atoms with Crippen LogP contribution >= 0.6 is 11.3 Å². The van der Waals surface area contributed by atoms with E-state index in [1.54, 1.807) is 0 Å². The van der Waals surface area contributed by atoms with E-state index in [-0.39, 0.29) is 33.9 Å². The van der Waals surface area contributed by atoms with Crippen LogP contribution in [-0.4, -0.2) is 35.3 Å². The van der Waals surface area contributed by atoms with Gasteiger partial charge in [-0.3, -0.25) is 19.1 Å². The van der Waals surface area contributed by atoms with Gasteiger partial charge in [-0.25, -0.2) is 0 Å². The number of aromatic nitrogens is 3. The van der Waals surface area contributed by atoms with Crippen LogP contribution in [0, 0.1) is 0 Å². The van der Waals surface area contributed by atoms with Crippen molar-refractivity contribution in [3.63, 3.8) is 0 Å². The van der Waals surface area contributed by atoms with E-state index < -0.39 is 11.8 Å². The molecule has 0 saturated carbocycles. The van der Waals surface area contributed by atoms with Crippen molar-refractivity contribution in [3.8, 4) is 0 Å². The number of nitrogens with two attached hydrogens (primary N) is 1. The molecule has 2 radical (unpaired) electrons. The van der Waals surface area contributed by atoms with Crippen molar-refractivity contribution in [2.24, 2.45) is 0 Å². The fourth-order valence-corrected chi connectivity index (χ4v) is 3.16. The highest BCUT2D eigenvalue weighted by Gasteiger charge is 2.29. The Bertz CT molecular complexity index is 754. The predicted octanol–water partition coefficient (Wildman–Crippen LogP) is -0.494. The lowest BCUT2D eigenvalue weighted by molar-refractivity contribution is -0.0154. The van der Waals surface area contributed by atoms with Gasteiger partial charge in [-0.05, 0) is 12.8 Å². The predicted molar refractivity (Wildman–Crippen MR) is 73.8 cm³/mol. The van der Waals surface area contributed by atoms with Gasteiger partial charge < -0.3 is 15.1 Å². The summed E-state index contributed by atoms with van der Waals surface area (Å²) in [5.74, 6) is -0.0334. The van der Waals surface area contributed by atoms with Crippen LogP contribution in [0.1, 0.15) is 19.1 Å². The fraction of sp³-hybridized carbons (Fsp3) is 0.500. The number of thiazole rings is 1. The topological polar surface area (TPSA) is 112 Å². The van der Waals surface area contributed by atoms with Crippen molar-refractivity contribution in [2.75, 3.05) is 12.3 Å². The van der Waals surface area contributed by atoms with Crippen LogP contribution in [0.5, 0.6) is 0 Å². The third-order valence-electron chi connectivity index (χ3n) is 3.15. The number of nitrogen functional groups attached to an aromatic ring is 1. The smallest absolute Gasteiger partial charge is 0.311 e. The zero-order valence-electron chi connectivity index (χ0n) is 10.4. The number of nitrogens with one attached hydrogen (secondary N) is 1.